The van der Waals surface area contributed by atoms with Crippen LogP contribution in [-0.2, 0) is 14.1 Å². The molecule has 0 aliphatic heterocycles. The standard InChI is InChI=1S/C23H19N7O2/c1-13-20(12-28(2)27-13)30-21-17-8-14(16-7-15(9-24)22(32-4)26-10-16)5-6-18(17)25-11-19(21)29(3)23(30)31/h5-8,10-12H,1-4H3. The van der Waals surface area contributed by atoms with Crippen LogP contribution in [0, 0.1) is 18.3 Å². The zero-order chi connectivity index (χ0) is 22.6. The molecule has 9 nitrogen and oxygen atoms in total. The Morgan fingerprint density at radius 2 is 1.91 bits per heavy atom. The van der Waals surface area contributed by atoms with Crippen molar-refractivity contribution in [1.29, 1.82) is 5.26 Å². The molecule has 0 atom stereocenters. The monoisotopic (exact) mass is 425 g/mol. The van der Waals surface area contributed by atoms with E-state index in [1.54, 1.807) is 39.3 Å². The van der Waals surface area contributed by atoms with Crippen molar-refractivity contribution in [3.63, 3.8) is 0 Å². The molecule has 0 spiro atoms. The average Bonchev–Trinajstić information content (AvgIpc) is 3.27. The number of aromatic nitrogens is 6. The van der Waals surface area contributed by atoms with Gasteiger partial charge in [0.1, 0.15) is 11.6 Å². The Labute approximate surface area is 182 Å². The maximum Gasteiger partial charge on any atom is 0.333 e. The Kier molecular flexibility index (Phi) is 4.30. The van der Waals surface area contributed by atoms with Crippen molar-refractivity contribution < 1.29 is 4.74 Å². The Morgan fingerprint density at radius 3 is 2.59 bits per heavy atom. The van der Waals surface area contributed by atoms with Crippen LogP contribution in [0.2, 0.25) is 0 Å². The van der Waals surface area contributed by atoms with Gasteiger partial charge < -0.3 is 4.74 Å². The minimum Gasteiger partial charge on any atom is -0.480 e. The first-order valence-electron chi connectivity index (χ1n) is 9.88. The van der Waals surface area contributed by atoms with Gasteiger partial charge in [-0.2, -0.15) is 10.4 Å². The van der Waals surface area contributed by atoms with E-state index >= 15 is 0 Å². The van der Waals surface area contributed by atoms with Crippen molar-refractivity contribution in [2.24, 2.45) is 14.1 Å². The van der Waals surface area contributed by atoms with Crippen molar-refractivity contribution in [3.05, 3.63) is 64.6 Å². The lowest BCUT2D eigenvalue weighted by molar-refractivity contribution is 0.396. The van der Waals surface area contributed by atoms with Crippen molar-refractivity contribution >= 4 is 21.9 Å². The van der Waals surface area contributed by atoms with E-state index in [-0.39, 0.29) is 11.6 Å². The first kappa shape index (κ1) is 19.5. The van der Waals surface area contributed by atoms with E-state index in [2.05, 4.69) is 21.1 Å². The summed E-state index contributed by atoms with van der Waals surface area (Å²) in [5.74, 6) is 0.282. The molecule has 1 aromatic carbocycles. The summed E-state index contributed by atoms with van der Waals surface area (Å²) in [7, 11) is 5.04. The number of pyridine rings is 2. The molecule has 0 bridgehead atoms. The molecule has 4 heterocycles. The fourth-order valence-electron chi connectivity index (χ4n) is 4.06. The van der Waals surface area contributed by atoms with Crippen LogP contribution in [0.15, 0.2) is 47.7 Å². The molecule has 0 radical (unpaired) electrons. The van der Waals surface area contributed by atoms with Gasteiger partial charge in [0.05, 0.1) is 41.2 Å². The van der Waals surface area contributed by atoms with Crippen molar-refractivity contribution in [3.8, 4) is 28.8 Å². The lowest BCUT2D eigenvalue weighted by atomic mass is 10.0. The molecule has 0 saturated heterocycles. The third kappa shape index (κ3) is 2.77. The van der Waals surface area contributed by atoms with Crippen LogP contribution in [0.3, 0.4) is 0 Å². The summed E-state index contributed by atoms with van der Waals surface area (Å²) in [4.78, 5) is 22.0. The molecule has 9 heteroatoms. The molecule has 158 valence electrons. The van der Waals surface area contributed by atoms with Crippen LogP contribution >= 0.6 is 0 Å². The fraction of sp³-hybridized carbons (Fsp3) is 0.174. The predicted octanol–water partition coefficient (Wildman–Crippen LogP) is 2.86. The predicted molar refractivity (Wildman–Crippen MR) is 120 cm³/mol. The van der Waals surface area contributed by atoms with E-state index in [0.717, 1.165) is 38.9 Å². The summed E-state index contributed by atoms with van der Waals surface area (Å²) in [5.41, 5.74) is 5.49. The third-order valence-corrected chi connectivity index (χ3v) is 5.61. The smallest absolute Gasteiger partial charge is 0.333 e. The largest absolute Gasteiger partial charge is 0.480 e. The molecule has 4 aromatic heterocycles. The van der Waals surface area contributed by atoms with Gasteiger partial charge >= 0.3 is 5.69 Å². The quantitative estimate of drug-likeness (QED) is 0.440. The second-order valence-corrected chi connectivity index (χ2v) is 7.57. The van der Waals surface area contributed by atoms with E-state index in [1.807, 2.05) is 38.4 Å². The van der Waals surface area contributed by atoms with Crippen LogP contribution in [0.5, 0.6) is 5.88 Å². The molecular weight excluding hydrogens is 406 g/mol. The molecule has 5 rings (SSSR count). The summed E-state index contributed by atoms with van der Waals surface area (Å²) in [5, 5.41) is 14.7. The maximum atomic E-state index is 13.2. The topological polar surface area (TPSA) is 104 Å². The molecule has 0 unspecified atom stereocenters. The SMILES string of the molecule is COc1ncc(-c2ccc3ncc4c(c3c2)n(-c2cn(C)nc2C)c(=O)n4C)cc1C#N. The summed E-state index contributed by atoms with van der Waals surface area (Å²) < 4.78 is 10.1. The molecule has 32 heavy (non-hydrogen) atoms. The van der Waals surface area contributed by atoms with Gasteiger partial charge in [-0.1, -0.05) is 6.07 Å². The van der Waals surface area contributed by atoms with Crippen LogP contribution in [0.25, 0.3) is 38.8 Å². The number of hydrogen-bond donors (Lipinski definition) is 0. The highest BCUT2D eigenvalue weighted by atomic mass is 16.5. The van der Waals surface area contributed by atoms with Gasteiger partial charge in [0, 0.05) is 37.4 Å². The fourth-order valence-corrected chi connectivity index (χ4v) is 4.06. The molecular formula is C23H19N7O2. The highest BCUT2D eigenvalue weighted by Crippen LogP contribution is 2.31. The first-order valence-corrected chi connectivity index (χ1v) is 9.88. The number of nitrogens with zero attached hydrogens (tertiary/aromatic N) is 7. The van der Waals surface area contributed by atoms with Crippen LogP contribution in [0.1, 0.15) is 11.3 Å². The normalized spacial score (nSPS) is 11.2. The molecule has 0 fully saturated rings. The number of methoxy groups -OCH3 is 1. The summed E-state index contributed by atoms with van der Waals surface area (Å²) >= 11 is 0. The van der Waals surface area contributed by atoms with E-state index in [9.17, 15) is 10.1 Å². The number of fused-ring (bicyclic) bond motifs is 3. The van der Waals surface area contributed by atoms with Gasteiger partial charge in [-0.15, -0.1) is 0 Å². The van der Waals surface area contributed by atoms with Gasteiger partial charge in [0.2, 0.25) is 5.88 Å². The lowest BCUT2D eigenvalue weighted by Gasteiger charge is -2.08. The van der Waals surface area contributed by atoms with Crippen molar-refractivity contribution in [1.82, 2.24) is 28.9 Å². The Bertz CT molecular complexity index is 1630. The maximum absolute atomic E-state index is 13.2. The second kappa shape index (κ2) is 7.06. The van der Waals surface area contributed by atoms with Crippen LogP contribution < -0.4 is 10.4 Å². The van der Waals surface area contributed by atoms with Crippen molar-refractivity contribution in [2.45, 2.75) is 6.92 Å². The van der Waals surface area contributed by atoms with E-state index in [1.165, 1.54) is 7.11 Å². The zero-order valence-electron chi connectivity index (χ0n) is 18.0. The first-order chi connectivity index (χ1) is 15.4. The number of benzene rings is 1. The van der Waals surface area contributed by atoms with Gasteiger partial charge in [0.15, 0.2) is 0 Å². The van der Waals surface area contributed by atoms with Gasteiger partial charge in [-0.3, -0.25) is 18.8 Å². The molecule has 0 aliphatic carbocycles. The summed E-state index contributed by atoms with van der Waals surface area (Å²) in [6, 6.07) is 9.65. The number of aryl methyl sites for hydroxylation is 3. The summed E-state index contributed by atoms with van der Waals surface area (Å²) in [6.07, 6.45) is 5.21. The number of ether oxygens (including phenoxy) is 1. The number of hydrogen-bond acceptors (Lipinski definition) is 6. The molecule has 0 amide bonds. The van der Waals surface area contributed by atoms with Gasteiger partial charge in [0.25, 0.3) is 0 Å². The van der Waals surface area contributed by atoms with Crippen LogP contribution in [-0.4, -0.2) is 36.0 Å². The van der Waals surface area contributed by atoms with Crippen molar-refractivity contribution in [2.75, 3.05) is 7.11 Å². The Morgan fingerprint density at radius 1 is 1.09 bits per heavy atom. The Hall–Kier alpha value is -4.45. The van der Waals surface area contributed by atoms with E-state index < -0.39 is 0 Å². The van der Waals surface area contributed by atoms with E-state index in [4.69, 9.17) is 4.74 Å². The molecule has 0 saturated carbocycles. The number of imidazole rings is 1. The highest BCUT2D eigenvalue weighted by molar-refractivity contribution is 6.04. The number of rotatable bonds is 3. The Balaban J connectivity index is 1.84. The minimum absolute atomic E-state index is 0.173. The lowest BCUT2D eigenvalue weighted by Crippen LogP contribution is -2.21. The van der Waals surface area contributed by atoms with Gasteiger partial charge in [-0.25, -0.2) is 9.78 Å². The van der Waals surface area contributed by atoms with Gasteiger partial charge in [-0.05, 0) is 30.7 Å². The molecule has 5 aromatic rings. The second-order valence-electron chi connectivity index (χ2n) is 7.57. The molecule has 0 N–H and O–H groups in total. The van der Waals surface area contributed by atoms with E-state index in [0.29, 0.717) is 11.1 Å². The zero-order valence-corrected chi connectivity index (χ0v) is 18.0. The van der Waals surface area contributed by atoms with Crippen LogP contribution in [0.4, 0.5) is 0 Å². The summed E-state index contributed by atoms with van der Waals surface area (Å²) in [6.45, 7) is 1.88. The minimum atomic E-state index is -0.173. The third-order valence-electron chi connectivity index (χ3n) is 5.61. The highest BCUT2D eigenvalue weighted by Gasteiger charge is 2.19. The number of nitriles is 1. The average molecular weight is 425 g/mol. The molecule has 0 aliphatic rings.